The predicted octanol–water partition coefficient (Wildman–Crippen LogP) is 3.51. The van der Waals surface area contributed by atoms with Crippen LogP contribution >= 0.6 is 11.3 Å². The average Bonchev–Trinajstić information content (AvgIpc) is 3.14. The number of carbonyl (C=O) groups excluding carboxylic acids is 1. The molecule has 102 valence electrons. The van der Waals surface area contributed by atoms with Gasteiger partial charge in [-0.15, -0.1) is 11.3 Å². The molecule has 3 aromatic rings. The van der Waals surface area contributed by atoms with E-state index in [2.05, 4.69) is 28.3 Å². The van der Waals surface area contributed by atoms with Crippen molar-refractivity contribution in [1.29, 1.82) is 0 Å². The Labute approximate surface area is 120 Å². The van der Waals surface area contributed by atoms with Gasteiger partial charge in [0.05, 0.1) is 23.4 Å². The monoisotopic (exact) mass is 285 g/mol. The molecule has 0 aliphatic carbocycles. The first kappa shape index (κ1) is 12.9. The van der Waals surface area contributed by atoms with Crippen molar-refractivity contribution < 1.29 is 4.79 Å². The first-order chi connectivity index (χ1) is 9.78. The second kappa shape index (κ2) is 5.46. The van der Waals surface area contributed by atoms with Crippen LogP contribution in [0.2, 0.25) is 0 Å². The summed E-state index contributed by atoms with van der Waals surface area (Å²) in [7, 11) is 0. The molecule has 2 N–H and O–H groups in total. The van der Waals surface area contributed by atoms with Crippen LogP contribution in [0.25, 0.3) is 11.0 Å². The minimum atomic E-state index is -0.0539. The average molecular weight is 285 g/mol. The van der Waals surface area contributed by atoms with E-state index in [0.717, 1.165) is 17.5 Å². The molecule has 0 radical (unpaired) electrons. The van der Waals surface area contributed by atoms with Gasteiger partial charge in [0.15, 0.2) is 0 Å². The SMILES string of the molecule is CCC(NC(=O)c1ccc2nc[nH]c2c1)c1cccs1. The predicted molar refractivity (Wildman–Crippen MR) is 80.9 cm³/mol. The van der Waals surface area contributed by atoms with Gasteiger partial charge < -0.3 is 10.3 Å². The van der Waals surface area contributed by atoms with E-state index in [1.54, 1.807) is 23.7 Å². The number of nitrogens with zero attached hydrogens (tertiary/aromatic N) is 1. The topological polar surface area (TPSA) is 57.8 Å². The van der Waals surface area contributed by atoms with Crippen LogP contribution in [0.1, 0.15) is 34.6 Å². The third-order valence-electron chi connectivity index (χ3n) is 3.28. The maximum Gasteiger partial charge on any atom is 0.251 e. The number of hydrogen-bond acceptors (Lipinski definition) is 3. The Morgan fingerprint density at radius 3 is 3.10 bits per heavy atom. The summed E-state index contributed by atoms with van der Waals surface area (Å²) < 4.78 is 0. The molecule has 0 aliphatic heterocycles. The Balaban J connectivity index is 1.81. The van der Waals surface area contributed by atoms with Crippen LogP contribution in [-0.2, 0) is 0 Å². The lowest BCUT2D eigenvalue weighted by molar-refractivity contribution is 0.0936. The largest absolute Gasteiger partial charge is 0.345 e. The fourth-order valence-electron chi connectivity index (χ4n) is 2.18. The lowest BCUT2D eigenvalue weighted by Crippen LogP contribution is -2.27. The van der Waals surface area contributed by atoms with Crippen LogP contribution in [0.4, 0.5) is 0 Å². The summed E-state index contributed by atoms with van der Waals surface area (Å²) >= 11 is 1.67. The molecule has 3 rings (SSSR count). The van der Waals surface area contributed by atoms with Crippen molar-refractivity contribution in [1.82, 2.24) is 15.3 Å². The maximum atomic E-state index is 12.3. The summed E-state index contributed by atoms with van der Waals surface area (Å²) in [5.74, 6) is -0.0539. The van der Waals surface area contributed by atoms with Crippen LogP contribution in [-0.4, -0.2) is 15.9 Å². The van der Waals surface area contributed by atoms with Crippen molar-refractivity contribution in [3.8, 4) is 0 Å². The van der Waals surface area contributed by atoms with E-state index in [4.69, 9.17) is 0 Å². The number of thiophene rings is 1. The maximum absolute atomic E-state index is 12.3. The third-order valence-corrected chi connectivity index (χ3v) is 4.27. The van der Waals surface area contributed by atoms with Crippen molar-refractivity contribution in [2.45, 2.75) is 19.4 Å². The molecule has 1 amide bonds. The standard InChI is InChI=1S/C15H15N3OS/c1-2-11(14-4-3-7-20-14)18-15(19)10-5-6-12-13(8-10)17-9-16-12/h3-9,11H,2H2,1H3,(H,16,17)(H,18,19). The fraction of sp³-hybridized carbons (Fsp3) is 0.200. The molecular formula is C15H15N3OS. The van der Waals surface area contributed by atoms with Gasteiger partial charge in [-0.25, -0.2) is 4.98 Å². The molecule has 1 unspecified atom stereocenters. The Morgan fingerprint density at radius 1 is 1.45 bits per heavy atom. The number of aromatic nitrogens is 2. The van der Waals surface area contributed by atoms with Crippen molar-refractivity contribution in [3.05, 3.63) is 52.5 Å². The lowest BCUT2D eigenvalue weighted by atomic mass is 10.1. The van der Waals surface area contributed by atoms with Gasteiger partial charge >= 0.3 is 0 Å². The number of benzene rings is 1. The molecule has 1 aromatic carbocycles. The molecule has 0 fully saturated rings. The molecular weight excluding hydrogens is 270 g/mol. The Kier molecular flexibility index (Phi) is 3.52. The number of nitrogens with one attached hydrogen (secondary N) is 2. The Bertz CT molecular complexity index is 718. The summed E-state index contributed by atoms with van der Waals surface area (Å²) in [6.07, 6.45) is 2.51. The molecule has 2 heterocycles. The van der Waals surface area contributed by atoms with Gasteiger partial charge in [-0.05, 0) is 36.1 Å². The van der Waals surface area contributed by atoms with E-state index < -0.39 is 0 Å². The zero-order valence-corrected chi connectivity index (χ0v) is 11.9. The van der Waals surface area contributed by atoms with Crippen molar-refractivity contribution >= 4 is 28.3 Å². The Morgan fingerprint density at radius 2 is 2.35 bits per heavy atom. The van der Waals surface area contributed by atoms with E-state index in [-0.39, 0.29) is 11.9 Å². The first-order valence-corrected chi connectivity index (χ1v) is 7.43. The zero-order chi connectivity index (χ0) is 13.9. The van der Waals surface area contributed by atoms with Crippen LogP contribution in [0.15, 0.2) is 42.0 Å². The molecule has 0 bridgehead atoms. The van der Waals surface area contributed by atoms with Gasteiger partial charge in [-0.3, -0.25) is 4.79 Å². The zero-order valence-electron chi connectivity index (χ0n) is 11.1. The van der Waals surface area contributed by atoms with E-state index in [1.165, 1.54) is 4.88 Å². The highest BCUT2D eigenvalue weighted by molar-refractivity contribution is 7.10. The molecule has 0 saturated heterocycles. The molecule has 5 heteroatoms. The smallest absolute Gasteiger partial charge is 0.251 e. The summed E-state index contributed by atoms with van der Waals surface area (Å²) in [4.78, 5) is 20.7. The summed E-state index contributed by atoms with van der Waals surface area (Å²) in [5.41, 5.74) is 2.39. The van der Waals surface area contributed by atoms with E-state index in [0.29, 0.717) is 5.56 Å². The van der Waals surface area contributed by atoms with E-state index in [9.17, 15) is 4.79 Å². The number of imidazole rings is 1. The summed E-state index contributed by atoms with van der Waals surface area (Å²) in [5, 5.41) is 5.11. The van der Waals surface area contributed by atoms with Crippen LogP contribution < -0.4 is 5.32 Å². The molecule has 0 saturated carbocycles. The molecule has 1 atom stereocenters. The molecule has 20 heavy (non-hydrogen) atoms. The van der Waals surface area contributed by atoms with Gasteiger partial charge in [0.2, 0.25) is 0 Å². The quantitative estimate of drug-likeness (QED) is 0.770. The lowest BCUT2D eigenvalue weighted by Gasteiger charge is -2.15. The highest BCUT2D eigenvalue weighted by Crippen LogP contribution is 2.22. The summed E-state index contributed by atoms with van der Waals surface area (Å²) in [6.45, 7) is 2.07. The number of hydrogen-bond donors (Lipinski definition) is 2. The normalized spacial score (nSPS) is 12.4. The second-order valence-corrected chi connectivity index (χ2v) is 5.56. The molecule has 0 aliphatic rings. The Hall–Kier alpha value is -2.14. The van der Waals surface area contributed by atoms with E-state index in [1.807, 2.05) is 23.6 Å². The van der Waals surface area contributed by atoms with Crippen LogP contribution in [0.5, 0.6) is 0 Å². The van der Waals surface area contributed by atoms with Crippen LogP contribution in [0.3, 0.4) is 0 Å². The van der Waals surface area contributed by atoms with Crippen molar-refractivity contribution in [2.75, 3.05) is 0 Å². The van der Waals surface area contributed by atoms with Gasteiger partial charge in [-0.1, -0.05) is 13.0 Å². The van der Waals surface area contributed by atoms with Crippen molar-refractivity contribution in [3.63, 3.8) is 0 Å². The van der Waals surface area contributed by atoms with E-state index >= 15 is 0 Å². The highest BCUT2D eigenvalue weighted by Gasteiger charge is 2.15. The number of fused-ring (bicyclic) bond motifs is 1. The minimum Gasteiger partial charge on any atom is -0.345 e. The van der Waals surface area contributed by atoms with Crippen LogP contribution in [0, 0.1) is 0 Å². The molecule has 0 spiro atoms. The molecule has 4 nitrogen and oxygen atoms in total. The number of H-pyrrole nitrogens is 1. The van der Waals surface area contributed by atoms with Gasteiger partial charge in [-0.2, -0.15) is 0 Å². The minimum absolute atomic E-state index is 0.0539. The fourth-order valence-corrected chi connectivity index (χ4v) is 3.04. The second-order valence-electron chi connectivity index (χ2n) is 4.58. The third kappa shape index (κ3) is 2.44. The number of carbonyl (C=O) groups is 1. The van der Waals surface area contributed by atoms with Gasteiger partial charge in [0.1, 0.15) is 0 Å². The van der Waals surface area contributed by atoms with Gasteiger partial charge in [0.25, 0.3) is 5.91 Å². The number of amides is 1. The number of rotatable bonds is 4. The number of aromatic amines is 1. The first-order valence-electron chi connectivity index (χ1n) is 6.55. The molecule has 2 aromatic heterocycles. The summed E-state index contributed by atoms with van der Waals surface area (Å²) in [6, 6.07) is 9.62. The highest BCUT2D eigenvalue weighted by atomic mass is 32.1. The van der Waals surface area contributed by atoms with Gasteiger partial charge in [0, 0.05) is 10.4 Å². The van der Waals surface area contributed by atoms with Crippen molar-refractivity contribution in [2.24, 2.45) is 0 Å².